The molecule has 1 saturated carbocycles. The lowest BCUT2D eigenvalue weighted by Crippen LogP contribution is -2.48. The predicted molar refractivity (Wildman–Crippen MR) is 90.8 cm³/mol. The first-order valence-corrected chi connectivity index (χ1v) is 8.41. The maximum atomic E-state index is 12.0. The molecule has 1 aromatic rings. The number of nitrogens with one attached hydrogen (secondary N) is 3. The summed E-state index contributed by atoms with van der Waals surface area (Å²) in [4.78, 5) is 23.7. The van der Waals surface area contributed by atoms with Crippen molar-refractivity contribution in [3.63, 3.8) is 0 Å². The average Bonchev–Trinajstić information content (AvgIpc) is 2.56. The van der Waals surface area contributed by atoms with Gasteiger partial charge in [-0.1, -0.05) is 57.0 Å². The number of amides is 3. The number of carbonyl (C=O) groups excluding carboxylic acids is 2. The number of benzene rings is 1. The SMILES string of the molecule is CC1CCCC(NC(=O)CNC(=O)NCc2ccccc2)C1C. The number of hydrogen-bond acceptors (Lipinski definition) is 2. The van der Waals surface area contributed by atoms with Gasteiger partial charge < -0.3 is 16.0 Å². The van der Waals surface area contributed by atoms with Crippen molar-refractivity contribution in [1.29, 1.82) is 0 Å². The zero-order chi connectivity index (χ0) is 16.7. The molecule has 0 saturated heterocycles. The van der Waals surface area contributed by atoms with E-state index in [1.165, 1.54) is 6.42 Å². The van der Waals surface area contributed by atoms with Crippen LogP contribution >= 0.6 is 0 Å². The van der Waals surface area contributed by atoms with Crippen LogP contribution < -0.4 is 16.0 Å². The van der Waals surface area contributed by atoms with E-state index in [2.05, 4.69) is 29.8 Å². The topological polar surface area (TPSA) is 70.2 Å². The van der Waals surface area contributed by atoms with Crippen LogP contribution in [0.4, 0.5) is 4.79 Å². The summed E-state index contributed by atoms with van der Waals surface area (Å²) >= 11 is 0. The molecule has 0 radical (unpaired) electrons. The Morgan fingerprint density at radius 1 is 1.09 bits per heavy atom. The lowest BCUT2D eigenvalue weighted by molar-refractivity contribution is -0.121. The molecule has 2 rings (SSSR count). The van der Waals surface area contributed by atoms with Gasteiger partial charge in [0, 0.05) is 12.6 Å². The van der Waals surface area contributed by atoms with Gasteiger partial charge in [-0.2, -0.15) is 0 Å². The molecule has 0 aromatic heterocycles. The third-order valence-corrected chi connectivity index (χ3v) is 4.76. The highest BCUT2D eigenvalue weighted by atomic mass is 16.2. The van der Waals surface area contributed by atoms with Crippen molar-refractivity contribution in [3.8, 4) is 0 Å². The Morgan fingerprint density at radius 3 is 2.57 bits per heavy atom. The molecule has 5 nitrogen and oxygen atoms in total. The molecule has 0 spiro atoms. The van der Waals surface area contributed by atoms with E-state index in [9.17, 15) is 9.59 Å². The zero-order valence-electron chi connectivity index (χ0n) is 14.0. The first-order chi connectivity index (χ1) is 11.1. The molecule has 3 amide bonds. The van der Waals surface area contributed by atoms with E-state index in [1.807, 2.05) is 30.3 Å². The molecule has 3 N–H and O–H groups in total. The fourth-order valence-corrected chi connectivity index (χ4v) is 3.04. The third-order valence-electron chi connectivity index (χ3n) is 4.76. The molecule has 1 aliphatic rings. The van der Waals surface area contributed by atoms with Crippen LogP contribution in [0.5, 0.6) is 0 Å². The van der Waals surface area contributed by atoms with Crippen molar-refractivity contribution < 1.29 is 9.59 Å². The first-order valence-electron chi connectivity index (χ1n) is 8.41. The highest BCUT2D eigenvalue weighted by Gasteiger charge is 2.27. The Hall–Kier alpha value is -2.04. The quantitative estimate of drug-likeness (QED) is 0.780. The lowest BCUT2D eigenvalue weighted by Gasteiger charge is -2.34. The largest absolute Gasteiger partial charge is 0.352 e. The second-order valence-corrected chi connectivity index (χ2v) is 6.46. The Bertz CT molecular complexity index is 518. The molecule has 1 aliphatic carbocycles. The van der Waals surface area contributed by atoms with Crippen molar-refractivity contribution in [2.24, 2.45) is 11.8 Å². The van der Waals surface area contributed by atoms with Crippen LogP contribution in [-0.2, 0) is 11.3 Å². The minimum Gasteiger partial charge on any atom is -0.352 e. The number of hydrogen-bond donors (Lipinski definition) is 3. The van der Waals surface area contributed by atoms with Crippen LogP contribution in [-0.4, -0.2) is 24.5 Å². The van der Waals surface area contributed by atoms with Gasteiger partial charge in [0.25, 0.3) is 0 Å². The van der Waals surface area contributed by atoms with E-state index >= 15 is 0 Å². The van der Waals surface area contributed by atoms with Crippen LogP contribution in [0.25, 0.3) is 0 Å². The Kier molecular flexibility index (Phi) is 6.44. The number of urea groups is 1. The Balaban J connectivity index is 1.66. The maximum Gasteiger partial charge on any atom is 0.315 e. The van der Waals surface area contributed by atoms with Crippen molar-refractivity contribution in [3.05, 3.63) is 35.9 Å². The minimum absolute atomic E-state index is 0.0121. The normalized spacial score (nSPS) is 23.8. The second kappa shape index (κ2) is 8.56. The summed E-state index contributed by atoms with van der Waals surface area (Å²) in [6.07, 6.45) is 3.41. The molecule has 5 heteroatoms. The van der Waals surface area contributed by atoms with E-state index in [1.54, 1.807) is 0 Å². The summed E-state index contributed by atoms with van der Waals surface area (Å²) in [5.74, 6) is 1.00. The number of rotatable bonds is 5. The van der Waals surface area contributed by atoms with Gasteiger partial charge in [0.15, 0.2) is 0 Å². The molecule has 3 unspecified atom stereocenters. The van der Waals surface area contributed by atoms with Gasteiger partial charge in [-0.15, -0.1) is 0 Å². The zero-order valence-corrected chi connectivity index (χ0v) is 14.0. The Labute approximate surface area is 138 Å². The molecule has 0 heterocycles. The molecule has 0 aliphatic heterocycles. The highest BCUT2D eigenvalue weighted by Crippen LogP contribution is 2.29. The average molecular weight is 317 g/mol. The fourth-order valence-electron chi connectivity index (χ4n) is 3.04. The predicted octanol–water partition coefficient (Wildman–Crippen LogP) is 2.43. The fraction of sp³-hybridized carbons (Fsp3) is 0.556. The molecule has 1 aromatic carbocycles. The van der Waals surface area contributed by atoms with Crippen LogP contribution in [0.1, 0.15) is 38.7 Å². The number of carbonyl (C=O) groups is 2. The summed E-state index contributed by atoms with van der Waals surface area (Å²) in [7, 11) is 0. The molecule has 0 bridgehead atoms. The summed E-state index contributed by atoms with van der Waals surface area (Å²) in [5.41, 5.74) is 1.03. The molecule has 3 atom stereocenters. The van der Waals surface area contributed by atoms with Crippen LogP contribution in [0, 0.1) is 11.8 Å². The van der Waals surface area contributed by atoms with Crippen LogP contribution in [0.15, 0.2) is 30.3 Å². The van der Waals surface area contributed by atoms with Gasteiger partial charge in [0.05, 0.1) is 6.54 Å². The van der Waals surface area contributed by atoms with E-state index in [4.69, 9.17) is 0 Å². The highest BCUT2D eigenvalue weighted by molar-refractivity contribution is 5.84. The standard InChI is InChI=1S/C18H27N3O2/c1-13-7-6-10-16(14(13)2)21-17(22)12-20-18(23)19-11-15-8-4-3-5-9-15/h3-5,8-9,13-14,16H,6-7,10-12H2,1-2H3,(H,21,22)(H2,19,20,23). The molecular formula is C18H27N3O2. The lowest BCUT2D eigenvalue weighted by atomic mass is 9.78. The monoisotopic (exact) mass is 317 g/mol. The van der Waals surface area contributed by atoms with Gasteiger partial charge in [0.2, 0.25) is 5.91 Å². The summed E-state index contributed by atoms with van der Waals surface area (Å²) in [6.45, 7) is 4.89. The van der Waals surface area contributed by atoms with E-state index in [-0.39, 0.29) is 24.5 Å². The summed E-state index contributed by atoms with van der Waals surface area (Å²) in [5, 5.41) is 8.40. The van der Waals surface area contributed by atoms with Crippen molar-refractivity contribution >= 4 is 11.9 Å². The summed E-state index contributed by atoms with van der Waals surface area (Å²) < 4.78 is 0. The van der Waals surface area contributed by atoms with Crippen LogP contribution in [0.2, 0.25) is 0 Å². The second-order valence-electron chi connectivity index (χ2n) is 6.46. The molecular weight excluding hydrogens is 290 g/mol. The molecule has 23 heavy (non-hydrogen) atoms. The van der Waals surface area contributed by atoms with Gasteiger partial charge in [-0.3, -0.25) is 4.79 Å². The smallest absolute Gasteiger partial charge is 0.315 e. The van der Waals surface area contributed by atoms with Gasteiger partial charge in [-0.25, -0.2) is 4.79 Å². The Morgan fingerprint density at radius 2 is 1.83 bits per heavy atom. The van der Waals surface area contributed by atoms with Crippen molar-refractivity contribution in [2.75, 3.05) is 6.54 Å². The van der Waals surface area contributed by atoms with Crippen molar-refractivity contribution in [1.82, 2.24) is 16.0 Å². The summed E-state index contributed by atoms with van der Waals surface area (Å²) in [6, 6.07) is 9.57. The molecule has 1 fully saturated rings. The first kappa shape index (κ1) is 17.3. The molecule has 126 valence electrons. The van der Waals surface area contributed by atoms with Gasteiger partial charge in [0.1, 0.15) is 0 Å². The van der Waals surface area contributed by atoms with Gasteiger partial charge in [-0.05, 0) is 23.8 Å². The minimum atomic E-state index is -0.325. The third kappa shape index (κ3) is 5.58. The van der Waals surface area contributed by atoms with Gasteiger partial charge >= 0.3 is 6.03 Å². The van der Waals surface area contributed by atoms with E-state index < -0.39 is 0 Å². The maximum absolute atomic E-state index is 12.0. The van der Waals surface area contributed by atoms with Crippen molar-refractivity contribution in [2.45, 2.75) is 45.7 Å². The van der Waals surface area contributed by atoms with Crippen LogP contribution in [0.3, 0.4) is 0 Å². The van der Waals surface area contributed by atoms with E-state index in [0.717, 1.165) is 18.4 Å². The van der Waals surface area contributed by atoms with E-state index in [0.29, 0.717) is 18.4 Å².